The summed E-state index contributed by atoms with van der Waals surface area (Å²) in [5.41, 5.74) is 8.66. The number of carbonyl (C=O) groups is 1. The summed E-state index contributed by atoms with van der Waals surface area (Å²) in [6.45, 7) is 4.14. The molecule has 0 saturated carbocycles. The van der Waals surface area contributed by atoms with Crippen molar-refractivity contribution in [3.8, 4) is 11.4 Å². The Morgan fingerprint density at radius 3 is 2.40 bits per heavy atom. The zero-order valence-electron chi connectivity index (χ0n) is 19.8. The number of amides is 1. The molecule has 8 nitrogen and oxygen atoms in total. The van der Waals surface area contributed by atoms with Gasteiger partial charge >= 0.3 is 0 Å². The second-order valence-electron chi connectivity index (χ2n) is 9.45. The number of nitrogens with two attached hydrogens (primary N) is 1. The minimum atomic E-state index is -3.39. The highest BCUT2D eigenvalue weighted by Gasteiger charge is 2.45. The van der Waals surface area contributed by atoms with E-state index >= 15 is 0 Å². The van der Waals surface area contributed by atoms with E-state index in [2.05, 4.69) is 0 Å². The molecule has 3 aromatic rings. The highest BCUT2D eigenvalue weighted by Crippen LogP contribution is 2.46. The first-order valence-electron chi connectivity index (χ1n) is 11.7. The molecule has 0 atom stereocenters. The maximum Gasteiger partial charge on any atom is 0.253 e. The van der Waals surface area contributed by atoms with Gasteiger partial charge in [-0.05, 0) is 67.9 Å². The number of anilines is 1. The topological polar surface area (TPSA) is 115 Å². The maximum absolute atomic E-state index is 13.2. The Morgan fingerprint density at radius 2 is 1.77 bits per heavy atom. The molecule has 2 aliphatic heterocycles. The number of benzene rings is 2. The lowest BCUT2D eigenvalue weighted by molar-refractivity contribution is -0.00926. The predicted molar refractivity (Wildman–Crippen MR) is 132 cm³/mol. The molecule has 0 radical (unpaired) electrons. The van der Waals surface area contributed by atoms with Crippen molar-refractivity contribution < 1.29 is 23.1 Å². The van der Waals surface area contributed by atoms with E-state index in [1.54, 1.807) is 30.9 Å². The number of rotatable bonds is 4. The summed E-state index contributed by atoms with van der Waals surface area (Å²) in [5, 5.41) is 9.06. The zero-order valence-corrected chi connectivity index (χ0v) is 20.6. The summed E-state index contributed by atoms with van der Waals surface area (Å²) < 4.78 is 33.3. The fourth-order valence-electron chi connectivity index (χ4n) is 4.93. The van der Waals surface area contributed by atoms with Gasteiger partial charge in [-0.15, -0.1) is 0 Å². The van der Waals surface area contributed by atoms with Crippen molar-refractivity contribution in [2.45, 2.75) is 49.0 Å². The van der Waals surface area contributed by atoms with Gasteiger partial charge in [0, 0.05) is 31.5 Å². The molecule has 1 spiro atoms. The number of nitrogens with zero attached hydrogens (tertiary/aromatic N) is 2. The lowest BCUT2D eigenvalue weighted by Gasteiger charge is -2.45. The largest absolute Gasteiger partial charge is 0.479 e. The van der Waals surface area contributed by atoms with Gasteiger partial charge in [-0.3, -0.25) is 9.36 Å². The molecule has 3 N–H and O–H groups in total. The highest BCUT2D eigenvalue weighted by atomic mass is 32.2. The number of aliphatic hydroxyl groups is 1. The summed E-state index contributed by atoms with van der Waals surface area (Å²) in [4.78, 5) is 15.2. The molecule has 3 heterocycles. The van der Waals surface area contributed by atoms with Crippen LogP contribution in [-0.4, -0.2) is 47.2 Å². The first-order chi connectivity index (χ1) is 16.7. The smallest absolute Gasteiger partial charge is 0.253 e. The molecule has 9 heteroatoms. The van der Waals surface area contributed by atoms with Crippen LogP contribution in [0.15, 0.2) is 59.5 Å². The number of fused-ring (bicyclic) bond motifs is 4. The van der Waals surface area contributed by atoms with Crippen LogP contribution in [0.2, 0.25) is 0 Å². The Bertz CT molecular complexity index is 1380. The van der Waals surface area contributed by atoms with Crippen LogP contribution in [-0.2, 0) is 22.0 Å². The van der Waals surface area contributed by atoms with E-state index in [-0.39, 0.29) is 17.4 Å². The van der Waals surface area contributed by atoms with Crippen LogP contribution >= 0.6 is 0 Å². The van der Waals surface area contributed by atoms with E-state index in [0.29, 0.717) is 43.1 Å². The minimum Gasteiger partial charge on any atom is -0.479 e. The molecule has 2 aliphatic rings. The van der Waals surface area contributed by atoms with E-state index in [1.807, 2.05) is 34.9 Å². The molecule has 0 bridgehead atoms. The molecular weight excluding hydrogens is 466 g/mol. The number of ether oxygens (including phenoxy) is 1. The van der Waals surface area contributed by atoms with Gasteiger partial charge < -0.3 is 20.5 Å². The van der Waals surface area contributed by atoms with Crippen molar-refractivity contribution in [3.05, 3.63) is 71.4 Å². The molecule has 5 rings (SSSR count). The van der Waals surface area contributed by atoms with Crippen LogP contribution in [0.3, 0.4) is 0 Å². The number of aromatic nitrogens is 1. The Balaban J connectivity index is 1.37. The summed E-state index contributed by atoms with van der Waals surface area (Å²) in [6, 6.07) is 15.6. The van der Waals surface area contributed by atoms with Crippen LogP contribution < -0.4 is 10.5 Å². The van der Waals surface area contributed by atoms with Crippen LogP contribution in [0.25, 0.3) is 5.69 Å². The molecule has 0 unspecified atom stereocenters. The van der Waals surface area contributed by atoms with Crippen LogP contribution in [0, 0.1) is 0 Å². The molecule has 1 saturated heterocycles. The zero-order chi connectivity index (χ0) is 25.0. The van der Waals surface area contributed by atoms with E-state index in [1.165, 1.54) is 12.1 Å². The molecule has 2 aromatic carbocycles. The van der Waals surface area contributed by atoms with E-state index in [4.69, 9.17) is 10.5 Å². The van der Waals surface area contributed by atoms with Crippen molar-refractivity contribution in [3.63, 3.8) is 0 Å². The number of sulfone groups is 1. The quantitative estimate of drug-likeness (QED) is 0.574. The number of carbonyl (C=O) groups excluding carboxylic acids is 1. The van der Waals surface area contributed by atoms with Gasteiger partial charge in [-0.1, -0.05) is 6.07 Å². The van der Waals surface area contributed by atoms with Crippen LogP contribution in [0.5, 0.6) is 5.75 Å². The SMILES string of the molecule is CC(C)S(=O)(=O)c1ccc(C(=O)N2CCC3(CC2)Oc2cc(CO)ccc2-n2c(N)ccc23)cc1. The molecule has 1 amide bonds. The van der Waals surface area contributed by atoms with Gasteiger partial charge in [-0.25, -0.2) is 8.42 Å². The van der Waals surface area contributed by atoms with E-state index in [0.717, 1.165) is 16.9 Å². The van der Waals surface area contributed by atoms with Crippen molar-refractivity contribution in [2.75, 3.05) is 18.8 Å². The summed E-state index contributed by atoms with van der Waals surface area (Å²) in [5.74, 6) is 1.13. The molecule has 35 heavy (non-hydrogen) atoms. The number of piperidine rings is 1. The second kappa shape index (κ2) is 8.42. The first kappa shape index (κ1) is 23.4. The number of aliphatic hydroxyl groups excluding tert-OH is 1. The van der Waals surface area contributed by atoms with Crippen molar-refractivity contribution in [1.29, 1.82) is 0 Å². The monoisotopic (exact) mass is 495 g/mol. The van der Waals surface area contributed by atoms with Gasteiger partial charge in [0.15, 0.2) is 15.4 Å². The predicted octanol–water partition coefficient (Wildman–Crippen LogP) is 3.26. The van der Waals surface area contributed by atoms with Crippen molar-refractivity contribution >= 4 is 21.6 Å². The van der Waals surface area contributed by atoms with Gasteiger partial charge in [0.05, 0.1) is 28.1 Å². The third-order valence-electron chi connectivity index (χ3n) is 7.04. The summed E-state index contributed by atoms with van der Waals surface area (Å²) in [6.07, 6.45) is 1.15. The standard InChI is InChI=1S/C26H29N3O5S/c1-17(2)35(32,33)20-6-4-19(5-7-20)25(31)28-13-11-26(12-14-28)23-9-10-24(27)29(23)21-8-3-18(16-30)15-22(21)34-26/h3-10,15,17,30H,11-14,16,27H2,1-2H3. The normalized spacial score (nSPS) is 16.6. The van der Waals surface area contributed by atoms with E-state index in [9.17, 15) is 18.3 Å². The molecule has 1 fully saturated rings. The van der Waals surface area contributed by atoms with E-state index < -0.39 is 20.7 Å². The number of likely N-dealkylation sites (tertiary alicyclic amines) is 1. The molecule has 184 valence electrons. The average molecular weight is 496 g/mol. The fraction of sp³-hybridized carbons (Fsp3) is 0.346. The average Bonchev–Trinajstić information content (AvgIpc) is 3.26. The maximum atomic E-state index is 13.2. The molecule has 1 aromatic heterocycles. The van der Waals surface area contributed by atoms with Crippen LogP contribution in [0.4, 0.5) is 5.82 Å². The lowest BCUT2D eigenvalue weighted by Crippen LogP contribution is -2.50. The van der Waals surface area contributed by atoms with Gasteiger partial charge in [0.1, 0.15) is 11.6 Å². The lowest BCUT2D eigenvalue weighted by atomic mass is 9.86. The molecular formula is C26H29N3O5S. The minimum absolute atomic E-state index is 0.0861. The van der Waals surface area contributed by atoms with Crippen molar-refractivity contribution in [1.82, 2.24) is 9.47 Å². The fourth-order valence-corrected chi connectivity index (χ4v) is 5.99. The third-order valence-corrected chi connectivity index (χ3v) is 9.21. The van der Waals surface area contributed by atoms with Crippen LogP contribution in [0.1, 0.15) is 48.3 Å². The molecule has 0 aliphatic carbocycles. The summed E-state index contributed by atoms with van der Waals surface area (Å²) >= 11 is 0. The first-order valence-corrected chi connectivity index (χ1v) is 13.2. The highest BCUT2D eigenvalue weighted by molar-refractivity contribution is 7.92. The van der Waals surface area contributed by atoms with Gasteiger partial charge in [-0.2, -0.15) is 0 Å². The Kier molecular flexibility index (Phi) is 5.64. The summed E-state index contributed by atoms with van der Waals surface area (Å²) in [7, 11) is -3.39. The van der Waals surface area contributed by atoms with Gasteiger partial charge in [0.2, 0.25) is 0 Å². The van der Waals surface area contributed by atoms with Gasteiger partial charge in [0.25, 0.3) is 5.91 Å². The Morgan fingerprint density at radius 1 is 1.09 bits per heavy atom. The number of nitrogen functional groups attached to an aromatic ring is 1. The second-order valence-corrected chi connectivity index (χ2v) is 11.9. The number of hydrogen-bond donors (Lipinski definition) is 2. The van der Waals surface area contributed by atoms with Crippen molar-refractivity contribution in [2.24, 2.45) is 0 Å². The third kappa shape index (κ3) is 3.79. The number of hydrogen-bond acceptors (Lipinski definition) is 6. The Labute approximate surface area is 204 Å². The Hall–Kier alpha value is -3.30.